The fourth-order valence-electron chi connectivity index (χ4n) is 1.86. The van der Waals surface area contributed by atoms with Crippen LogP contribution in [-0.4, -0.2) is 36.3 Å². The van der Waals surface area contributed by atoms with Gasteiger partial charge in [-0.25, -0.2) is 13.2 Å². The van der Waals surface area contributed by atoms with Crippen LogP contribution < -0.4 is 9.46 Å². The molecule has 0 saturated carbocycles. The Morgan fingerprint density at radius 1 is 1.36 bits per heavy atom. The number of benzene rings is 1. The Bertz CT molecular complexity index is 887. The van der Waals surface area contributed by atoms with Gasteiger partial charge in [-0.3, -0.25) is 9.82 Å². The zero-order valence-electron chi connectivity index (χ0n) is 13.8. The molecule has 0 aliphatic rings. The molecule has 0 unspecified atom stereocenters. The number of carbonyl (C=O) groups is 1. The van der Waals surface area contributed by atoms with Crippen molar-refractivity contribution in [1.29, 1.82) is 0 Å². The Kier molecular flexibility index (Phi) is 5.28. The number of halogens is 1. The highest BCUT2D eigenvalue weighted by atomic mass is 35.5. The van der Waals surface area contributed by atoms with E-state index in [0.29, 0.717) is 0 Å². The minimum atomic E-state index is -3.90. The monoisotopic (exact) mass is 387 g/mol. The molecular weight excluding hydrogens is 370 g/mol. The van der Waals surface area contributed by atoms with Crippen molar-refractivity contribution < 1.29 is 23.1 Å². The molecule has 0 aliphatic heterocycles. The van der Waals surface area contributed by atoms with Gasteiger partial charge in [-0.05, 0) is 18.2 Å². The van der Waals surface area contributed by atoms with E-state index < -0.39 is 22.6 Å². The number of nitrogens with one attached hydrogen (secondary N) is 2. The van der Waals surface area contributed by atoms with Crippen molar-refractivity contribution in [2.24, 2.45) is 0 Å². The Morgan fingerprint density at radius 2 is 2.04 bits per heavy atom. The minimum absolute atomic E-state index is 0.0125. The molecule has 10 heteroatoms. The van der Waals surface area contributed by atoms with Crippen molar-refractivity contribution in [2.75, 3.05) is 11.3 Å². The molecule has 0 saturated heterocycles. The van der Waals surface area contributed by atoms with E-state index in [4.69, 9.17) is 21.4 Å². The highest BCUT2D eigenvalue weighted by Gasteiger charge is 2.21. The third kappa shape index (κ3) is 4.86. The van der Waals surface area contributed by atoms with Crippen LogP contribution in [0.2, 0.25) is 5.02 Å². The number of hydrogen-bond donors (Lipinski definition) is 3. The number of anilines is 1. The molecule has 0 amide bonds. The first kappa shape index (κ1) is 19.1. The van der Waals surface area contributed by atoms with Crippen LogP contribution in [0.1, 0.15) is 26.5 Å². The van der Waals surface area contributed by atoms with Crippen LogP contribution in [0.25, 0.3) is 0 Å². The zero-order valence-corrected chi connectivity index (χ0v) is 15.4. The Labute approximate surface area is 150 Å². The molecular formula is C15H18ClN3O5S. The van der Waals surface area contributed by atoms with Crippen LogP contribution in [0.15, 0.2) is 29.2 Å². The first-order chi connectivity index (χ1) is 11.5. The van der Waals surface area contributed by atoms with E-state index in [1.807, 2.05) is 20.8 Å². The van der Waals surface area contributed by atoms with Gasteiger partial charge in [0.1, 0.15) is 5.75 Å². The quantitative estimate of drug-likeness (QED) is 0.700. The summed E-state index contributed by atoms with van der Waals surface area (Å²) in [5.74, 6) is -0.923. The minimum Gasteiger partial charge on any atom is -0.480 e. The van der Waals surface area contributed by atoms with Gasteiger partial charge < -0.3 is 9.84 Å². The number of carboxylic acids is 1. The average Bonchev–Trinajstić information content (AvgIpc) is 2.93. The zero-order chi connectivity index (χ0) is 18.8. The van der Waals surface area contributed by atoms with Crippen LogP contribution >= 0.6 is 11.6 Å². The molecule has 25 heavy (non-hydrogen) atoms. The largest absolute Gasteiger partial charge is 0.480 e. The van der Waals surface area contributed by atoms with Gasteiger partial charge in [-0.1, -0.05) is 32.4 Å². The summed E-state index contributed by atoms with van der Waals surface area (Å²) in [5, 5.41) is 15.3. The van der Waals surface area contributed by atoms with Crippen LogP contribution in [-0.2, 0) is 20.2 Å². The van der Waals surface area contributed by atoms with Crippen molar-refractivity contribution >= 4 is 33.4 Å². The summed E-state index contributed by atoms with van der Waals surface area (Å²) in [6.07, 6.45) is 0. The van der Waals surface area contributed by atoms with Crippen LogP contribution in [0.3, 0.4) is 0 Å². The predicted molar refractivity (Wildman–Crippen MR) is 92.7 cm³/mol. The normalized spacial score (nSPS) is 12.0. The van der Waals surface area contributed by atoms with Crippen molar-refractivity contribution in [3.8, 4) is 5.75 Å². The number of aromatic amines is 1. The molecule has 0 aliphatic carbocycles. The highest BCUT2D eigenvalue weighted by molar-refractivity contribution is 7.92. The van der Waals surface area contributed by atoms with Gasteiger partial charge >= 0.3 is 5.97 Å². The smallest absolute Gasteiger partial charge is 0.341 e. The molecule has 0 spiro atoms. The van der Waals surface area contributed by atoms with E-state index in [0.717, 1.165) is 5.69 Å². The Morgan fingerprint density at radius 3 is 2.56 bits per heavy atom. The number of carboxylic acid groups (broad SMARTS) is 1. The predicted octanol–water partition coefficient (Wildman–Crippen LogP) is 2.62. The number of rotatable bonds is 6. The van der Waals surface area contributed by atoms with Crippen molar-refractivity contribution in [3.05, 3.63) is 35.0 Å². The van der Waals surface area contributed by atoms with Crippen LogP contribution in [0.4, 0.5) is 5.82 Å². The molecule has 2 rings (SSSR count). The number of ether oxygens (including phenoxy) is 1. The lowest BCUT2D eigenvalue weighted by Crippen LogP contribution is -2.14. The second kappa shape index (κ2) is 6.93. The van der Waals surface area contributed by atoms with Gasteiger partial charge in [0.15, 0.2) is 12.4 Å². The van der Waals surface area contributed by atoms with E-state index in [1.54, 1.807) is 6.07 Å². The number of aliphatic carboxylic acids is 1. The van der Waals surface area contributed by atoms with Crippen molar-refractivity contribution in [3.63, 3.8) is 0 Å². The lowest BCUT2D eigenvalue weighted by Gasteiger charge is -2.14. The summed E-state index contributed by atoms with van der Waals surface area (Å²) in [7, 11) is -3.90. The SMILES string of the molecule is CC(C)(C)c1cc(NS(=O)(=O)c2ccc(OCC(=O)O)c(Cl)c2)n[nH]1. The molecule has 0 radical (unpaired) electrons. The molecule has 8 nitrogen and oxygen atoms in total. The Hall–Kier alpha value is -2.26. The molecule has 0 fully saturated rings. The summed E-state index contributed by atoms with van der Waals surface area (Å²) in [4.78, 5) is 10.4. The number of hydrogen-bond acceptors (Lipinski definition) is 5. The summed E-state index contributed by atoms with van der Waals surface area (Å²) in [6, 6.07) is 5.36. The molecule has 136 valence electrons. The van der Waals surface area contributed by atoms with Gasteiger partial charge in [-0.15, -0.1) is 0 Å². The Balaban J connectivity index is 2.20. The maximum atomic E-state index is 12.4. The van der Waals surface area contributed by atoms with Gasteiger partial charge in [0.25, 0.3) is 10.0 Å². The average molecular weight is 388 g/mol. The maximum Gasteiger partial charge on any atom is 0.341 e. The fraction of sp³-hybridized carbons (Fsp3) is 0.333. The molecule has 1 aromatic carbocycles. The van der Waals surface area contributed by atoms with Gasteiger partial charge in [-0.2, -0.15) is 5.10 Å². The molecule has 0 atom stereocenters. The summed E-state index contributed by atoms with van der Waals surface area (Å²) in [5.41, 5.74) is 0.573. The summed E-state index contributed by atoms with van der Waals surface area (Å²) in [6.45, 7) is 5.32. The lowest BCUT2D eigenvalue weighted by molar-refractivity contribution is -0.139. The van der Waals surface area contributed by atoms with Gasteiger partial charge in [0.05, 0.1) is 9.92 Å². The second-order valence-corrected chi connectivity index (χ2v) is 8.39. The van der Waals surface area contributed by atoms with E-state index in [-0.39, 0.29) is 26.9 Å². The second-order valence-electron chi connectivity index (χ2n) is 6.30. The van der Waals surface area contributed by atoms with Crippen LogP contribution in [0, 0.1) is 0 Å². The number of H-pyrrole nitrogens is 1. The van der Waals surface area contributed by atoms with Gasteiger partial charge in [0, 0.05) is 17.2 Å². The van der Waals surface area contributed by atoms with E-state index >= 15 is 0 Å². The maximum absolute atomic E-state index is 12.4. The fourth-order valence-corrected chi connectivity index (χ4v) is 3.18. The molecule has 1 heterocycles. The van der Waals surface area contributed by atoms with E-state index in [2.05, 4.69) is 14.9 Å². The first-order valence-corrected chi connectivity index (χ1v) is 9.08. The molecule has 2 aromatic rings. The van der Waals surface area contributed by atoms with E-state index in [1.165, 1.54) is 18.2 Å². The lowest BCUT2D eigenvalue weighted by atomic mass is 9.92. The molecule has 0 bridgehead atoms. The van der Waals surface area contributed by atoms with E-state index in [9.17, 15) is 13.2 Å². The number of aromatic nitrogens is 2. The highest BCUT2D eigenvalue weighted by Crippen LogP contribution is 2.28. The number of sulfonamides is 1. The number of nitrogens with zero attached hydrogens (tertiary/aromatic N) is 1. The summed E-state index contributed by atoms with van der Waals surface area (Å²) < 4.78 is 32.2. The van der Waals surface area contributed by atoms with Crippen molar-refractivity contribution in [1.82, 2.24) is 10.2 Å². The molecule has 3 N–H and O–H groups in total. The molecule has 1 aromatic heterocycles. The third-order valence-electron chi connectivity index (χ3n) is 3.19. The van der Waals surface area contributed by atoms with Crippen molar-refractivity contribution in [2.45, 2.75) is 31.1 Å². The summed E-state index contributed by atoms with van der Waals surface area (Å²) >= 11 is 5.95. The van der Waals surface area contributed by atoms with Gasteiger partial charge in [0.2, 0.25) is 0 Å². The topological polar surface area (TPSA) is 121 Å². The third-order valence-corrected chi connectivity index (χ3v) is 4.84. The standard InChI is InChI=1S/C15H18ClN3O5S/c1-15(2,3)12-7-13(18-17-12)19-25(22,23)9-4-5-11(10(16)6-9)24-8-14(20)21/h4-7H,8H2,1-3H3,(H,20,21)(H2,17,18,19). The van der Waals surface area contributed by atoms with Crippen LogP contribution in [0.5, 0.6) is 5.75 Å². The first-order valence-electron chi connectivity index (χ1n) is 7.22.